The van der Waals surface area contributed by atoms with Crippen molar-refractivity contribution < 1.29 is 0 Å². The molecule has 16 heavy (non-hydrogen) atoms. The van der Waals surface area contributed by atoms with E-state index in [9.17, 15) is 0 Å². The quantitative estimate of drug-likeness (QED) is 0.493. The predicted octanol–water partition coefficient (Wildman–Crippen LogP) is 5.67. The van der Waals surface area contributed by atoms with E-state index in [1.165, 1.54) is 19.3 Å². The van der Waals surface area contributed by atoms with Gasteiger partial charge in [-0.2, -0.15) is 0 Å². The minimum atomic E-state index is 0.262. The van der Waals surface area contributed by atoms with Crippen molar-refractivity contribution in [3.05, 3.63) is 35.5 Å². The van der Waals surface area contributed by atoms with Crippen molar-refractivity contribution >= 4 is 0 Å². The summed E-state index contributed by atoms with van der Waals surface area (Å²) >= 11 is 0. The third-order valence-electron chi connectivity index (χ3n) is 2.67. The van der Waals surface area contributed by atoms with Gasteiger partial charge in [-0.3, -0.25) is 0 Å². The van der Waals surface area contributed by atoms with Crippen LogP contribution in [0.5, 0.6) is 0 Å². The first-order valence-corrected chi connectivity index (χ1v) is 6.78. The van der Waals surface area contributed by atoms with Crippen LogP contribution in [0.15, 0.2) is 35.5 Å². The van der Waals surface area contributed by atoms with Crippen molar-refractivity contribution in [2.45, 2.75) is 60.8 Å². The van der Waals surface area contributed by atoms with Crippen LogP contribution in [0.1, 0.15) is 60.8 Å². The number of hydrogen-bond acceptors (Lipinski definition) is 0. The topological polar surface area (TPSA) is 0 Å². The lowest BCUT2D eigenvalue weighted by Crippen LogP contribution is -2.02. The Labute approximate surface area is 102 Å². The van der Waals surface area contributed by atoms with E-state index < -0.39 is 0 Å². The second kappa shape index (κ2) is 7.49. The van der Waals surface area contributed by atoms with Crippen molar-refractivity contribution in [1.29, 1.82) is 0 Å². The van der Waals surface area contributed by atoms with Crippen LogP contribution in [0.4, 0.5) is 0 Å². The second-order valence-electron chi connectivity index (χ2n) is 4.40. The Morgan fingerprint density at radius 3 is 2.12 bits per heavy atom. The molecular weight excluding hydrogens is 192 g/mol. The maximum absolute atomic E-state index is 2.43. The summed E-state index contributed by atoms with van der Waals surface area (Å²) in [7, 11) is 0. The highest BCUT2D eigenvalue weighted by Gasteiger charge is 2.19. The van der Waals surface area contributed by atoms with E-state index in [0.29, 0.717) is 0 Å². The SMILES string of the molecule is CC.CC.CC1(C)C=CC=C2CCCC2=C1. The molecule has 0 radical (unpaired) electrons. The Morgan fingerprint density at radius 1 is 0.938 bits per heavy atom. The number of allylic oxidation sites excluding steroid dienone is 6. The van der Waals surface area contributed by atoms with Crippen molar-refractivity contribution in [3.63, 3.8) is 0 Å². The molecule has 1 saturated carbocycles. The van der Waals surface area contributed by atoms with Gasteiger partial charge in [0.15, 0.2) is 0 Å². The maximum atomic E-state index is 2.43. The molecule has 2 aliphatic rings. The van der Waals surface area contributed by atoms with Gasteiger partial charge in [-0.25, -0.2) is 0 Å². The summed E-state index contributed by atoms with van der Waals surface area (Å²) in [5.74, 6) is 0. The zero-order valence-corrected chi connectivity index (χ0v) is 11.9. The first kappa shape index (κ1) is 15.2. The summed E-state index contributed by atoms with van der Waals surface area (Å²) in [5, 5.41) is 0. The van der Waals surface area contributed by atoms with Crippen LogP contribution in [0.2, 0.25) is 0 Å². The minimum Gasteiger partial charge on any atom is -0.0751 e. The number of hydrogen-bond donors (Lipinski definition) is 0. The largest absolute Gasteiger partial charge is 0.0751 e. The highest BCUT2D eigenvalue weighted by molar-refractivity contribution is 5.41. The normalized spacial score (nSPS) is 20.1. The molecule has 0 aliphatic heterocycles. The molecule has 2 aliphatic carbocycles. The van der Waals surface area contributed by atoms with Gasteiger partial charge in [0.2, 0.25) is 0 Å². The summed E-state index contributed by atoms with van der Waals surface area (Å²) in [6, 6.07) is 0. The van der Waals surface area contributed by atoms with Crippen LogP contribution in [-0.4, -0.2) is 0 Å². The molecule has 0 atom stereocenters. The third-order valence-corrected chi connectivity index (χ3v) is 2.67. The molecule has 0 nitrogen and oxygen atoms in total. The lowest BCUT2D eigenvalue weighted by atomic mass is 9.90. The standard InChI is InChI=1S/C12H16.2C2H6/c1-12(2)8-4-7-10-5-3-6-11(10)9-12;2*1-2/h4,7-9H,3,5-6H2,1-2H3;2*1-2H3. The molecule has 0 heterocycles. The molecule has 0 spiro atoms. The Kier molecular flexibility index (Phi) is 7.12. The molecule has 0 N–H and O–H groups in total. The Bertz CT molecular complexity index is 274. The lowest BCUT2D eigenvalue weighted by Gasteiger charge is -2.14. The fourth-order valence-electron chi connectivity index (χ4n) is 2.06. The van der Waals surface area contributed by atoms with Gasteiger partial charge in [-0.15, -0.1) is 0 Å². The Hall–Kier alpha value is -0.780. The lowest BCUT2D eigenvalue weighted by molar-refractivity contribution is 0.621. The van der Waals surface area contributed by atoms with Gasteiger partial charge < -0.3 is 0 Å². The molecule has 92 valence electrons. The molecule has 0 amide bonds. The first-order chi connectivity index (χ1) is 7.67. The highest BCUT2D eigenvalue weighted by atomic mass is 14.2. The van der Waals surface area contributed by atoms with Crippen LogP contribution < -0.4 is 0 Å². The molecule has 2 rings (SSSR count). The van der Waals surface area contributed by atoms with Crippen LogP contribution in [0.3, 0.4) is 0 Å². The van der Waals surface area contributed by atoms with Crippen molar-refractivity contribution in [2.75, 3.05) is 0 Å². The zero-order chi connectivity index (χ0) is 12.6. The van der Waals surface area contributed by atoms with Crippen molar-refractivity contribution in [2.24, 2.45) is 5.41 Å². The average molecular weight is 220 g/mol. The Balaban J connectivity index is 0.000000509. The fourth-order valence-corrected chi connectivity index (χ4v) is 2.06. The molecule has 0 unspecified atom stereocenters. The number of rotatable bonds is 0. The minimum absolute atomic E-state index is 0.262. The van der Waals surface area contributed by atoms with Crippen LogP contribution in [0, 0.1) is 5.41 Å². The smallest absolute Gasteiger partial charge is 0.00134 e. The van der Waals surface area contributed by atoms with E-state index in [1.54, 1.807) is 11.1 Å². The van der Waals surface area contributed by atoms with Crippen molar-refractivity contribution in [3.8, 4) is 0 Å². The molecule has 0 aromatic rings. The van der Waals surface area contributed by atoms with E-state index in [0.717, 1.165) is 0 Å². The number of fused-ring (bicyclic) bond motifs is 1. The summed E-state index contributed by atoms with van der Waals surface area (Å²) in [6.07, 6.45) is 13.1. The van der Waals surface area contributed by atoms with E-state index in [-0.39, 0.29) is 5.41 Å². The Morgan fingerprint density at radius 2 is 1.50 bits per heavy atom. The zero-order valence-electron chi connectivity index (χ0n) is 11.9. The molecule has 0 heteroatoms. The third kappa shape index (κ3) is 4.38. The summed E-state index contributed by atoms with van der Waals surface area (Å²) in [6.45, 7) is 12.5. The van der Waals surface area contributed by atoms with Crippen molar-refractivity contribution in [1.82, 2.24) is 0 Å². The van der Waals surface area contributed by atoms with Gasteiger partial charge in [-0.05, 0) is 30.4 Å². The van der Waals surface area contributed by atoms with Crippen LogP contribution in [-0.2, 0) is 0 Å². The summed E-state index contributed by atoms with van der Waals surface area (Å²) in [5.41, 5.74) is 3.42. The van der Waals surface area contributed by atoms with Crippen LogP contribution in [0.25, 0.3) is 0 Å². The molecule has 0 aromatic carbocycles. The van der Waals surface area contributed by atoms with E-state index in [1.807, 2.05) is 27.7 Å². The van der Waals surface area contributed by atoms with Gasteiger partial charge in [0.1, 0.15) is 0 Å². The van der Waals surface area contributed by atoms with E-state index >= 15 is 0 Å². The second-order valence-corrected chi connectivity index (χ2v) is 4.40. The van der Waals surface area contributed by atoms with E-state index in [4.69, 9.17) is 0 Å². The van der Waals surface area contributed by atoms with Gasteiger partial charge in [0, 0.05) is 5.41 Å². The van der Waals surface area contributed by atoms with Gasteiger partial charge in [0.25, 0.3) is 0 Å². The van der Waals surface area contributed by atoms with Crippen LogP contribution >= 0.6 is 0 Å². The molecule has 1 fully saturated rings. The van der Waals surface area contributed by atoms with Gasteiger partial charge >= 0.3 is 0 Å². The van der Waals surface area contributed by atoms with Gasteiger partial charge in [-0.1, -0.05) is 65.8 Å². The predicted molar refractivity (Wildman–Crippen MR) is 75.6 cm³/mol. The molecule has 0 saturated heterocycles. The molecule has 0 bridgehead atoms. The first-order valence-electron chi connectivity index (χ1n) is 6.78. The maximum Gasteiger partial charge on any atom is 0.00134 e. The molecular formula is C16H28. The summed E-state index contributed by atoms with van der Waals surface area (Å²) < 4.78 is 0. The molecule has 0 aromatic heterocycles. The highest BCUT2D eigenvalue weighted by Crippen LogP contribution is 2.36. The summed E-state index contributed by atoms with van der Waals surface area (Å²) in [4.78, 5) is 0. The average Bonchev–Trinajstić information content (AvgIpc) is 2.65. The van der Waals surface area contributed by atoms with E-state index in [2.05, 4.69) is 38.2 Å². The monoisotopic (exact) mass is 220 g/mol. The fraction of sp³-hybridized carbons (Fsp3) is 0.625. The van der Waals surface area contributed by atoms with Gasteiger partial charge in [0.05, 0.1) is 0 Å².